The standard InChI is InChI=1S/C20H21N3O7S/c1-12(11-24)28-16-8-14(19(25)22-20-21-13(2)23-30-20)9-17(10-16)29-15-4-6-18(7-5-15)31(3,26)27/h4-10,12,24H,11H2,1-3H3,(H,21,22,23,25)/t12-/m0/s1. The Morgan fingerprint density at radius 1 is 1.16 bits per heavy atom. The van der Waals surface area contributed by atoms with Crippen molar-refractivity contribution in [1.29, 1.82) is 0 Å². The zero-order valence-electron chi connectivity index (χ0n) is 17.0. The predicted octanol–water partition coefficient (Wildman–Crippen LogP) is 2.59. The van der Waals surface area contributed by atoms with Gasteiger partial charge in [-0.25, -0.2) is 8.42 Å². The van der Waals surface area contributed by atoms with Crippen molar-refractivity contribution in [1.82, 2.24) is 10.1 Å². The van der Waals surface area contributed by atoms with E-state index in [-0.39, 0.29) is 28.8 Å². The first-order valence-corrected chi connectivity index (χ1v) is 11.1. The zero-order chi connectivity index (χ0) is 22.6. The van der Waals surface area contributed by atoms with Crippen molar-refractivity contribution in [2.45, 2.75) is 24.8 Å². The van der Waals surface area contributed by atoms with Crippen molar-refractivity contribution in [3.8, 4) is 17.2 Å². The molecule has 2 N–H and O–H groups in total. The van der Waals surface area contributed by atoms with Gasteiger partial charge in [0.2, 0.25) is 0 Å². The van der Waals surface area contributed by atoms with Crippen molar-refractivity contribution in [2.75, 3.05) is 18.2 Å². The Bertz CT molecular complexity index is 1170. The van der Waals surface area contributed by atoms with E-state index in [0.29, 0.717) is 17.3 Å². The summed E-state index contributed by atoms with van der Waals surface area (Å²) in [4.78, 5) is 16.7. The summed E-state index contributed by atoms with van der Waals surface area (Å²) >= 11 is 0. The van der Waals surface area contributed by atoms with Crippen LogP contribution in [0.2, 0.25) is 0 Å². The number of hydrogen-bond donors (Lipinski definition) is 2. The molecule has 0 unspecified atom stereocenters. The largest absolute Gasteiger partial charge is 0.488 e. The molecule has 31 heavy (non-hydrogen) atoms. The molecule has 3 rings (SSSR count). The van der Waals surface area contributed by atoms with Gasteiger partial charge in [0.25, 0.3) is 5.91 Å². The molecule has 0 bridgehead atoms. The predicted molar refractivity (Wildman–Crippen MR) is 110 cm³/mol. The van der Waals surface area contributed by atoms with Crippen LogP contribution in [0, 0.1) is 6.92 Å². The van der Waals surface area contributed by atoms with Crippen LogP contribution in [0.5, 0.6) is 17.2 Å². The van der Waals surface area contributed by atoms with Crippen LogP contribution in [0.1, 0.15) is 23.1 Å². The topological polar surface area (TPSA) is 141 Å². The molecule has 1 atom stereocenters. The molecule has 0 saturated carbocycles. The van der Waals surface area contributed by atoms with Crippen LogP contribution in [0.4, 0.5) is 6.01 Å². The molecule has 1 amide bonds. The highest BCUT2D eigenvalue weighted by Gasteiger charge is 2.15. The maximum absolute atomic E-state index is 12.6. The summed E-state index contributed by atoms with van der Waals surface area (Å²) in [5.41, 5.74) is 0.182. The van der Waals surface area contributed by atoms with Gasteiger partial charge in [0.15, 0.2) is 15.7 Å². The van der Waals surface area contributed by atoms with Gasteiger partial charge in [-0.1, -0.05) is 5.16 Å². The highest BCUT2D eigenvalue weighted by molar-refractivity contribution is 7.90. The van der Waals surface area contributed by atoms with E-state index in [9.17, 15) is 18.3 Å². The average molecular weight is 447 g/mol. The number of sulfone groups is 1. The van der Waals surface area contributed by atoms with Crippen LogP contribution >= 0.6 is 0 Å². The van der Waals surface area contributed by atoms with Crippen molar-refractivity contribution < 1.29 is 32.3 Å². The van der Waals surface area contributed by atoms with E-state index in [1.54, 1.807) is 19.9 Å². The minimum atomic E-state index is -3.33. The summed E-state index contributed by atoms with van der Waals surface area (Å²) in [5.74, 6) is 0.743. The number of ether oxygens (including phenoxy) is 2. The van der Waals surface area contributed by atoms with Gasteiger partial charge in [0, 0.05) is 17.9 Å². The zero-order valence-corrected chi connectivity index (χ0v) is 17.8. The number of benzene rings is 2. The monoisotopic (exact) mass is 447 g/mol. The molecule has 10 nitrogen and oxygen atoms in total. The maximum Gasteiger partial charge on any atom is 0.328 e. The molecule has 3 aromatic rings. The van der Waals surface area contributed by atoms with E-state index in [2.05, 4.69) is 15.5 Å². The second-order valence-corrected chi connectivity index (χ2v) is 8.77. The minimum Gasteiger partial charge on any atom is -0.488 e. The molecule has 1 heterocycles. The molecule has 0 radical (unpaired) electrons. The second-order valence-electron chi connectivity index (χ2n) is 6.75. The number of aliphatic hydroxyl groups is 1. The van der Waals surface area contributed by atoms with Gasteiger partial charge in [-0.05, 0) is 50.2 Å². The van der Waals surface area contributed by atoms with Crippen LogP contribution in [-0.2, 0) is 9.84 Å². The Morgan fingerprint density at radius 3 is 2.42 bits per heavy atom. The summed E-state index contributed by atoms with van der Waals surface area (Å²) in [5, 5.41) is 15.3. The van der Waals surface area contributed by atoms with E-state index in [1.807, 2.05) is 0 Å². The Hall–Kier alpha value is -3.44. The molecule has 11 heteroatoms. The van der Waals surface area contributed by atoms with Gasteiger partial charge in [0.1, 0.15) is 23.4 Å². The third-order valence-corrected chi connectivity index (χ3v) is 5.10. The van der Waals surface area contributed by atoms with E-state index < -0.39 is 21.8 Å². The molecule has 0 fully saturated rings. The Labute approximate surface area is 178 Å². The normalized spacial score (nSPS) is 12.3. The van der Waals surface area contributed by atoms with Crippen molar-refractivity contribution in [3.05, 3.63) is 53.9 Å². The van der Waals surface area contributed by atoms with Crippen molar-refractivity contribution in [2.24, 2.45) is 0 Å². The summed E-state index contributed by atoms with van der Waals surface area (Å²) < 4.78 is 39.5. The fourth-order valence-electron chi connectivity index (χ4n) is 2.51. The summed E-state index contributed by atoms with van der Waals surface area (Å²) in [6.07, 6.45) is 0.598. The van der Waals surface area contributed by atoms with Crippen LogP contribution in [0.15, 0.2) is 51.9 Å². The van der Waals surface area contributed by atoms with Gasteiger partial charge >= 0.3 is 6.01 Å². The summed E-state index contributed by atoms with van der Waals surface area (Å²) in [6.45, 7) is 3.06. The number of carbonyl (C=O) groups excluding carboxylic acids is 1. The molecular weight excluding hydrogens is 426 g/mol. The van der Waals surface area contributed by atoms with Gasteiger partial charge in [-0.3, -0.25) is 10.1 Å². The molecule has 1 aromatic heterocycles. The maximum atomic E-state index is 12.6. The highest BCUT2D eigenvalue weighted by Crippen LogP contribution is 2.29. The van der Waals surface area contributed by atoms with E-state index in [1.165, 1.54) is 36.4 Å². The van der Waals surface area contributed by atoms with E-state index in [4.69, 9.17) is 14.0 Å². The lowest BCUT2D eigenvalue weighted by Gasteiger charge is -2.15. The number of hydrogen-bond acceptors (Lipinski definition) is 9. The fourth-order valence-corrected chi connectivity index (χ4v) is 3.14. The van der Waals surface area contributed by atoms with Gasteiger partial charge in [-0.2, -0.15) is 4.98 Å². The second kappa shape index (κ2) is 9.14. The molecule has 2 aromatic carbocycles. The Kier molecular flexibility index (Phi) is 6.56. The molecule has 0 aliphatic rings. The van der Waals surface area contributed by atoms with Crippen molar-refractivity contribution >= 4 is 21.8 Å². The molecule has 0 saturated heterocycles. The quantitative estimate of drug-likeness (QED) is 0.533. The number of aromatic nitrogens is 2. The molecule has 0 aliphatic heterocycles. The number of anilines is 1. The van der Waals surface area contributed by atoms with Gasteiger partial charge in [0.05, 0.1) is 11.5 Å². The number of amides is 1. The summed E-state index contributed by atoms with van der Waals surface area (Å²) in [7, 11) is -3.33. The fraction of sp³-hybridized carbons (Fsp3) is 0.250. The lowest BCUT2D eigenvalue weighted by Crippen LogP contribution is -2.17. The van der Waals surface area contributed by atoms with Crippen LogP contribution in [0.3, 0.4) is 0 Å². The molecule has 0 spiro atoms. The first kappa shape index (κ1) is 22.2. The van der Waals surface area contributed by atoms with E-state index in [0.717, 1.165) is 6.26 Å². The smallest absolute Gasteiger partial charge is 0.328 e. The van der Waals surface area contributed by atoms with E-state index >= 15 is 0 Å². The highest BCUT2D eigenvalue weighted by atomic mass is 32.2. The van der Waals surface area contributed by atoms with Crippen molar-refractivity contribution in [3.63, 3.8) is 0 Å². The number of carbonyl (C=O) groups is 1. The third-order valence-electron chi connectivity index (χ3n) is 3.97. The molecular formula is C20H21N3O7S. The number of aliphatic hydroxyl groups excluding tert-OH is 1. The number of rotatable bonds is 8. The Balaban J connectivity index is 1.88. The summed E-state index contributed by atoms with van der Waals surface area (Å²) in [6, 6.07) is 10.3. The van der Waals surface area contributed by atoms with Crippen LogP contribution < -0.4 is 14.8 Å². The van der Waals surface area contributed by atoms with Crippen LogP contribution in [0.25, 0.3) is 0 Å². The molecule has 164 valence electrons. The minimum absolute atomic E-state index is 0.0589. The number of aryl methyl sites for hydroxylation is 1. The van der Waals surface area contributed by atoms with Gasteiger partial charge in [-0.15, -0.1) is 0 Å². The first-order chi connectivity index (χ1) is 14.6. The first-order valence-electron chi connectivity index (χ1n) is 9.16. The number of nitrogens with one attached hydrogen (secondary N) is 1. The third kappa shape index (κ3) is 6.03. The average Bonchev–Trinajstić information content (AvgIpc) is 3.12. The SMILES string of the molecule is Cc1noc(NC(=O)c2cc(Oc3ccc(S(C)(=O)=O)cc3)cc(O[C@@H](C)CO)c2)n1. The lowest BCUT2D eigenvalue weighted by molar-refractivity contribution is 0.102. The number of nitrogens with zero attached hydrogens (tertiary/aromatic N) is 2. The molecule has 0 aliphatic carbocycles. The lowest BCUT2D eigenvalue weighted by atomic mass is 10.2. The van der Waals surface area contributed by atoms with Crippen LogP contribution in [-0.4, -0.2) is 48.5 Å². The van der Waals surface area contributed by atoms with Gasteiger partial charge < -0.3 is 19.1 Å². The Morgan fingerprint density at radius 2 is 1.84 bits per heavy atom.